The van der Waals surface area contributed by atoms with Gasteiger partial charge in [-0.25, -0.2) is 0 Å². The minimum Gasteiger partial charge on any atom is -0.462 e. The molecule has 0 spiro atoms. The van der Waals surface area contributed by atoms with Crippen molar-refractivity contribution in [2.45, 2.75) is 45.4 Å². The largest absolute Gasteiger partial charge is 0.462 e. The van der Waals surface area contributed by atoms with E-state index in [1.54, 1.807) is 0 Å². The summed E-state index contributed by atoms with van der Waals surface area (Å²) in [5.74, 6) is 1.97. The molecule has 2 aromatic rings. The van der Waals surface area contributed by atoms with Crippen molar-refractivity contribution in [3.05, 3.63) is 41.1 Å². The van der Waals surface area contributed by atoms with Crippen LogP contribution in [-0.2, 0) is 24.9 Å². The van der Waals surface area contributed by atoms with Gasteiger partial charge in [0.1, 0.15) is 17.6 Å². The Morgan fingerprint density at radius 3 is 2.86 bits per heavy atom. The van der Waals surface area contributed by atoms with Crippen molar-refractivity contribution in [1.29, 1.82) is 0 Å². The molecule has 120 valence electrons. The van der Waals surface area contributed by atoms with E-state index in [4.69, 9.17) is 9.15 Å². The van der Waals surface area contributed by atoms with Crippen molar-refractivity contribution in [1.82, 2.24) is 14.7 Å². The van der Waals surface area contributed by atoms with Crippen LogP contribution in [0.2, 0.25) is 0 Å². The quantitative estimate of drug-likeness (QED) is 0.851. The minimum absolute atomic E-state index is 0.147. The third-order valence-corrected chi connectivity index (χ3v) is 4.38. The Hall–Kier alpha value is -1.59. The summed E-state index contributed by atoms with van der Waals surface area (Å²) in [7, 11) is 4.08. The average Bonchev–Trinajstić information content (AvgIpc) is 3.10. The van der Waals surface area contributed by atoms with E-state index >= 15 is 0 Å². The summed E-state index contributed by atoms with van der Waals surface area (Å²) in [5, 5.41) is 4.29. The van der Waals surface area contributed by atoms with Crippen molar-refractivity contribution >= 4 is 0 Å². The van der Waals surface area contributed by atoms with Crippen LogP contribution in [0.15, 0.2) is 22.7 Å². The number of furan rings is 1. The summed E-state index contributed by atoms with van der Waals surface area (Å²) in [6.45, 7) is 4.61. The first-order valence-electron chi connectivity index (χ1n) is 7.99. The summed E-state index contributed by atoms with van der Waals surface area (Å²) < 4.78 is 13.7. The Morgan fingerprint density at radius 2 is 2.18 bits per heavy atom. The lowest BCUT2D eigenvalue weighted by molar-refractivity contribution is 0.000907. The molecule has 0 aromatic carbocycles. The van der Waals surface area contributed by atoms with E-state index in [0.717, 1.165) is 44.1 Å². The van der Waals surface area contributed by atoms with E-state index in [0.29, 0.717) is 0 Å². The molecule has 3 heterocycles. The number of ether oxygens (including phenoxy) is 1. The van der Waals surface area contributed by atoms with Crippen molar-refractivity contribution in [3.63, 3.8) is 0 Å². The van der Waals surface area contributed by atoms with Crippen LogP contribution in [-0.4, -0.2) is 28.3 Å². The molecule has 0 saturated carbocycles. The summed E-state index contributed by atoms with van der Waals surface area (Å²) in [5.41, 5.74) is 2.47. The SMILES string of the molecule is Cc1c(CN(C)Cc2ccc([C@H]3CCCCO3)o2)cnn1C. The fourth-order valence-corrected chi connectivity index (χ4v) is 2.93. The molecule has 1 fully saturated rings. The predicted octanol–water partition coefficient (Wildman–Crippen LogP) is 3.20. The zero-order chi connectivity index (χ0) is 15.5. The van der Waals surface area contributed by atoms with Gasteiger partial charge in [0.05, 0.1) is 12.7 Å². The summed E-state index contributed by atoms with van der Waals surface area (Å²) in [6, 6.07) is 4.13. The number of rotatable bonds is 5. The summed E-state index contributed by atoms with van der Waals surface area (Å²) in [6.07, 6.45) is 5.54. The van der Waals surface area contributed by atoms with Crippen LogP contribution < -0.4 is 0 Å². The first kappa shape index (κ1) is 15.3. The Balaban J connectivity index is 1.58. The van der Waals surface area contributed by atoms with Gasteiger partial charge in [0.2, 0.25) is 0 Å². The Bertz CT molecular complexity index is 611. The zero-order valence-corrected chi connectivity index (χ0v) is 13.7. The molecule has 1 aliphatic rings. The first-order valence-corrected chi connectivity index (χ1v) is 7.99. The summed E-state index contributed by atoms with van der Waals surface area (Å²) in [4.78, 5) is 2.24. The number of hydrogen-bond acceptors (Lipinski definition) is 4. The predicted molar refractivity (Wildman–Crippen MR) is 84.4 cm³/mol. The molecule has 22 heavy (non-hydrogen) atoms. The highest BCUT2D eigenvalue weighted by Crippen LogP contribution is 2.29. The second kappa shape index (κ2) is 6.67. The molecule has 3 rings (SSSR count). The molecule has 1 atom stereocenters. The fraction of sp³-hybridized carbons (Fsp3) is 0.588. The first-order chi connectivity index (χ1) is 10.6. The van der Waals surface area contributed by atoms with E-state index in [9.17, 15) is 0 Å². The number of aromatic nitrogens is 2. The lowest BCUT2D eigenvalue weighted by Gasteiger charge is -2.20. The molecule has 1 saturated heterocycles. The van der Waals surface area contributed by atoms with Gasteiger partial charge < -0.3 is 9.15 Å². The fourth-order valence-electron chi connectivity index (χ4n) is 2.93. The Morgan fingerprint density at radius 1 is 1.32 bits per heavy atom. The van der Waals surface area contributed by atoms with E-state index in [1.165, 1.54) is 17.7 Å². The second-order valence-electron chi connectivity index (χ2n) is 6.21. The van der Waals surface area contributed by atoms with Crippen LogP contribution in [0.4, 0.5) is 0 Å². The van der Waals surface area contributed by atoms with Crippen LogP contribution in [0.3, 0.4) is 0 Å². The standard InChI is InChI=1S/C17H25N3O2/c1-13-14(10-18-20(13)3)11-19(2)12-15-7-8-17(22-15)16-6-4-5-9-21-16/h7-8,10,16H,4-6,9,11-12H2,1-3H3/t16-/m1/s1. The van der Waals surface area contributed by atoms with Crippen LogP contribution in [0, 0.1) is 6.92 Å². The number of hydrogen-bond donors (Lipinski definition) is 0. The van der Waals surface area contributed by atoms with Gasteiger partial charge in [-0.1, -0.05) is 0 Å². The van der Waals surface area contributed by atoms with Gasteiger partial charge in [0, 0.05) is 31.5 Å². The molecule has 0 N–H and O–H groups in total. The van der Waals surface area contributed by atoms with Crippen molar-refractivity contribution in [2.75, 3.05) is 13.7 Å². The Kier molecular flexibility index (Phi) is 4.64. The average molecular weight is 303 g/mol. The number of aryl methyl sites for hydroxylation is 1. The highest BCUT2D eigenvalue weighted by Gasteiger charge is 2.19. The lowest BCUT2D eigenvalue weighted by Crippen LogP contribution is -2.17. The van der Waals surface area contributed by atoms with Gasteiger partial charge in [-0.3, -0.25) is 9.58 Å². The maximum atomic E-state index is 5.98. The lowest BCUT2D eigenvalue weighted by atomic mass is 10.1. The zero-order valence-electron chi connectivity index (χ0n) is 13.7. The highest BCUT2D eigenvalue weighted by atomic mass is 16.5. The van der Waals surface area contributed by atoms with E-state index in [-0.39, 0.29) is 6.10 Å². The van der Waals surface area contributed by atoms with Crippen LogP contribution in [0.25, 0.3) is 0 Å². The third-order valence-electron chi connectivity index (χ3n) is 4.38. The smallest absolute Gasteiger partial charge is 0.133 e. The van der Waals surface area contributed by atoms with Crippen molar-refractivity contribution < 1.29 is 9.15 Å². The second-order valence-corrected chi connectivity index (χ2v) is 6.21. The van der Waals surface area contributed by atoms with Gasteiger partial charge in [-0.15, -0.1) is 0 Å². The van der Waals surface area contributed by atoms with Crippen molar-refractivity contribution in [2.24, 2.45) is 7.05 Å². The Labute approximate surface area is 131 Å². The summed E-state index contributed by atoms with van der Waals surface area (Å²) >= 11 is 0. The minimum atomic E-state index is 0.147. The maximum Gasteiger partial charge on any atom is 0.133 e. The molecule has 5 nitrogen and oxygen atoms in total. The van der Waals surface area contributed by atoms with Gasteiger partial charge >= 0.3 is 0 Å². The normalized spacial score (nSPS) is 19.0. The molecule has 0 bridgehead atoms. The highest BCUT2D eigenvalue weighted by molar-refractivity contribution is 5.16. The van der Waals surface area contributed by atoms with Crippen molar-refractivity contribution in [3.8, 4) is 0 Å². The molecule has 1 aliphatic heterocycles. The molecule has 0 amide bonds. The molecule has 0 aliphatic carbocycles. The van der Waals surface area contributed by atoms with Gasteiger partial charge in [-0.05, 0) is 45.4 Å². The number of nitrogens with zero attached hydrogens (tertiary/aromatic N) is 3. The van der Waals surface area contributed by atoms with Gasteiger partial charge in [0.25, 0.3) is 0 Å². The molecule has 0 unspecified atom stereocenters. The van der Waals surface area contributed by atoms with Crippen LogP contribution in [0.1, 0.15) is 48.1 Å². The monoisotopic (exact) mass is 303 g/mol. The topological polar surface area (TPSA) is 43.4 Å². The maximum absolute atomic E-state index is 5.98. The third kappa shape index (κ3) is 3.42. The van der Waals surface area contributed by atoms with Crippen LogP contribution >= 0.6 is 0 Å². The van der Waals surface area contributed by atoms with E-state index < -0.39 is 0 Å². The molecule has 2 aromatic heterocycles. The molecular weight excluding hydrogens is 278 g/mol. The van der Waals surface area contributed by atoms with Gasteiger partial charge in [-0.2, -0.15) is 5.10 Å². The van der Waals surface area contributed by atoms with E-state index in [2.05, 4.69) is 36.1 Å². The molecular formula is C17H25N3O2. The van der Waals surface area contributed by atoms with Gasteiger partial charge in [0.15, 0.2) is 0 Å². The molecule has 5 heteroatoms. The van der Waals surface area contributed by atoms with Crippen LogP contribution in [0.5, 0.6) is 0 Å². The molecule has 0 radical (unpaired) electrons. The van der Waals surface area contributed by atoms with E-state index in [1.807, 2.05) is 17.9 Å².